The van der Waals surface area contributed by atoms with Gasteiger partial charge in [0, 0.05) is 31.7 Å². The van der Waals surface area contributed by atoms with E-state index in [1.165, 1.54) is 17.0 Å². The van der Waals surface area contributed by atoms with Crippen molar-refractivity contribution in [2.75, 3.05) is 44.7 Å². The molecule has 41 heavy (non-hydrogen) atoms. The van der Waals surface area contributed by atoms with Crippen LogP contribution in [0.25, 0.3) is 11.3 Å². The summed E-state index contributed by atoms with van der Waals surface area (Å²) in [5.74, 6) is 0.211. The van der Waals surface area contributed by atoms with Crippen LogP contribution in [0.15, 0.2) is 91.0 Å². The highest BCUT2D eigenvalue weighted by Gasteiger charge is 2.30. The first-order valence-electron chi connectivity index (χ1n) is 13.6. The number of carbonyl (C=O) groups excluding carboxylic acids is 2. The van der Waals surface area contributed by atoms with E-state index in [0.717, 1.165) is 28.4 Å². The van der Waals surface area contributed by atoms with E-state index in [2.05, 4.69) is 15.1 Å². The van der Waals surface area contributed by atoms with Crippen LogP contribution in [-0.4, -0.2) is 71.6 Å². The van der Waals surface area contributed by atoms with Gasteiger partial charge in [-0.15, -0.1) is 10.2 Å². The molecule has 0 N–H and O–H groups in total. The van der Waals surface area contributed by atoms with Crippen molar-refractivity contribution in [1.29, 1.82) is 0 Å². The molecule has 1 saturated heterocycles. The summed E-state index contributed by atoms with van der Waals surface area (Å²) in [5.41, 5.74) is 2.52. The van der Waals surface area contributed by atoms with Crippen LogP contribution in [0.3, 0.4) is 0 Å². The molecule has 210 valence electrons. The normalized spacial score (nSPS) is 13.9. The van der Waals surface area contributed by atoms with Gasteiger partial charge in [-0.25, -0.2) is 4.39 Å². The van der Waals surface area contributed by atoms with Gasteiger partial charge in [0.2, 0.25) is 5.91 Å². The van der Waals surface area contributed by atoms with E-state index in [1.807, 2.05) is 73.7 Å². The summed E-state index contributed by atoms with van der Waals surface area (Å²) in [7, 11) is 1.63. The van der Waals surface area contributed by atoms with Gasteiger partial charge in [-0.1, -0.05) is 42.5 Å². The molecular weight excluding hydrogens is 521 g/mol. The molecule has 2 amide bonds. The molecule has 0 radical (unpaired) electrons. The first kappa shape index (κ1) is 27.8. The van der Waals surface area contributed by atoms with Crippen LogP contribution >= 0.6 is 0 Å². The maximum atomic E-state index is 14.6. The van der Waals surface area contributed by atoms with Gasteiger partial charge in [0.25, 0.3) is 5.91 Å². The van der Waals surface area contributed by atoms with Gasteiger partial charge in [-0.3, -0.25) is 9.59 Å². The molecule has 0 aliphatic carbocycles. The molecule has 4 aromatic rings. The molecule has 8 nitrogen and oxygen atoms in total. The molecule has 1 aromatic heterocycles. The number of piperazine rings is 1. The van der Waals surface area contributed by atoms with Crippen molar-refractivity contribution in [2.45, 2.75) is 13.0 Å². The van der Waals surface area contributed by atoms with Crippen molar-refractivity contribution in [2.24, 2.45) is 0 Å². The topological polar surface area (TPSA) is 78.9 Å². The molecular formula is C32H32FN5O3. The minimum Gasteiger partial charge on any atom is -0.497 e. The van der Waals surface area contributed by atoms with Gasteiger partial charge in [-0.2, -0.15) is 0 Å². The van der Waals surface area contributed by atoms with Crippen molar-refractivity contribution in [1.82, 2.24) is 20.0 Å². The van der Waals surface area contributed by atoms with Gasteiger partial charge in [-0.05, 0) is 61.0 Å². The maximum absolute atomic E-state index is 14.6. The average Bonchev–Trinajstić information content (AvgIpc) is 3.04. The average molecular weight is 554 g/mol. The van der Waals surface area contributed by atoms with Crippen LogP contribution < -0.4 is 9.64 Å². The lowest BCUT2D eigenvalue weighted by Crippen LogP contribution is -2.52. The summed E-state index contributed by atoms with van der Waals surface area (Å²) >= 11 is 0. The Kier molecular flexibility index (Phi) is 8.53. The minimum atomic E-state index is -0.608. The Hall–Kier alpha value is -4.79. The lowest BCUT2D eigenvalue weighted by atomic mass is 10.0. The lowest BCUT2D eigenvalue weighted by molar-refractivity contribution is -0.132. The smallest absolute Gasteiger partial charge is 0.257 e. The highest BCUT2D eigenvalue weighted by Crippen LogP contribution is 2.25. The summed E-state index contributed by atoms with van der Waals surface area (Å²) in [4.78, 5) is 32.2. The Morgan fingerprint density at radius 1 is 0.878 bits per heavy atom. The highest BCUT2D eigenvalue weighted by atomic mass is 19.1. The second-order valence-corrected chi connectivity index (χ2v) is 9.87. The fourth-order valence-electron chi connectivity index (χ4n) is 4.93. The Balaban J connectivity index is 1.24. The van der Waals surface area contributed by atoms with Crippen LogP contribution in [0.5, 0.6) is 5.75 Å². The number of aromatic nitrogens is 2. The maximum Gasteiger partial charge on any atom is 0.257 e. The van der Waals surface area contributed by atoms with Crippen LogP contribution in [0.2, 0.25) is 0 Å². The van der Waals surface area contributed by atoms with E-state index in [1.54, 1.807) is 24.1 Å². The molecule has 3 aromatic carbocycles. The van der Waals surface area contributed by atoms with Crippen LogP contribution in [-0.2, 0) is 4.79 Å². The molecule has 1 unspecified atom stereocenters. The minimum absolute atomic E-state index is 0.0513. The summed E-state index contributed by atoms with van der Waals surface area (Å²) in [6.07, 6.45) is 0. The fourth-order valence-corrected chi connectivity index (χ4v) is 4.93. The van der Waals surface area contributed by atoms with Crippen LogP contribution in [0, 0.1) is 5.82 Å². The third-order valence-electron chi connectivity index (χ3n) is 7.41. The van der Waals surface area contributed by atoms with Crippen molar-refractivity contribution in [3.05, 3.63) is 108 Å². The Morgan fingerprint density at radius 2 is 1.56 bits per heavy atom. The Bertz CT molecular complexity index is 1470. The SMILES string of the molecule is COc1ccc(-c2ccc(N3CCN(C(=O)CN(C(=O)c4ccccc4F)C(C)c4ccccc4)CC3)nn2)cc1. The summed E-state index contributed by atoms with van der Waals surface area (Å²) < 4.78 is 19.8. The van der Waals surface area contributed by atoms with Crippen LogP contribution in [0.1, 0.15) is 28.9 Å². The zero-order valence-electron chi connectivity index (χ0n) is 23.1. The molecule has 1 aliphatic heterocycles. The molecule has 0 bridgehead atoms. The number of hydrogen-bond acceptors (Lipinski definition) is 6. The van der Waals surface area contributed by atoms with Crippen molar-refractivity contribution in [3.8, 4) is 17.0 Å². The molecule has 9 heteroatoms. The van der Waals surface area contributed by atoms with Gasteiger partial charge < -0.3 is 19.4 Å². The monoisotopic (exact) mass is 553 g/mol. The first-order valence-corrected chi connectivity index (χ1v) is 13.6. The van der Waals surface area contributed by atoms with E-state index in [4.69, 9.17) is 4.74 Å². The first-order chi connectivity index (χ1) is 19.9. The van der Waals surface area contributed by atoms with Crippen molar-refractivity contribution >= 4 is 17.6 Å². The summed E-state index contributed by atoms with van der Waals surface area (Å²) in [6.45, 7) is 3.81. The fraction of sp³-hybridized carbons (Fsp3) is 0.250. The quantitative estimate of drug-likeness (QED) is 0.311. The van der Waals surface area contributed by atoms with E-state index in [0.29, 0.717) is 26.2 Å². The zero-order valence-corrected chi connectivity index (χ0v) is 23.1. The highest BCUT2D eigenvalue weighted by molar-refractivity contribution is 5.97. The largest absolute Gasteiger partial charge is 0.497 e. The third-order valence-corrected chi connectivity index (χ3v) is 7.41. The third kappa shape index (κ3) is 6.35. The van der Waals surface area contributed by atoms with Crippen LogP contribution in [0.4, 0.5) is 10.2 Å². The number of methoxy groups -OCH3 is 1. The Labute approximate surface area is 239 Å². The predicted molar refractivity (Wildman–Crippen MR) is 155 cm³/mol. The van der Waals surface area contributed by atoms with Gasteiger partial charge in [0.15, 0.2) is 5.82 Å². The number of benzene rings is 3. The van der Waals surface area contributed by atoms with Crippen molar-refractivity contribution in [3.63, 3.8) is 0 Å². The Morgan fingerprint density at radius 3 is 2.20 bits per heavy atom. The number of hydrogen-bond donors (Lipinski definition) is 0. The molecule has 1 aliphatic rings. The number of halogens is 1. The van der Waals surface area contributed by atoms with Gasteiger partial charge in [0.1, 0.15) is 18.1 Å². The van der Waals surface area contributed by atoms with Gasteiger partial charge in [0.05, 0.1) is 24.4 Å². The lowest BCUT2D eigenvalue weighted by Gasteiger charge is -2.37. The number of carbonyl (C=O) groups is 2. The van der Waals surface area contributed by atoms with E-state index >= 15 is 0 Å². The molecule has 1 atom stereocenters. The standard InChI is InChI=1S/C32H32FN5O3/c1-23(24-8-4-3-5-9-24)38(32(40)27-10-6-7-11-28(27)33)22-31(39)37-20-18-36(19-21-37)30-17-16-29(34-35-30)25-12-14-26(41-2)15-13-25/h3-17,23H,18-22H2,1-2H3. The van der Waals surface area contributed by atoms with E-state index in [-0.39, 0.29) is 18.0 Å². The zero-order chi connectivity index (χ0) is 28.8. The van der Waals surface area contributed by atoms with Crippen molar-refractivity contribution < 1.29 is 18.7 Å². The number of amides is 2. The summed E-state index contributed by atoms with van der Waals surface area (Å²) in [5, 5.41) is 8.80. The second kappa shape index (κ2) is 12.6. The number of anilines is 1. The van der Waals surface area contributed by atoms with E-state index in [9.17, 15) is 14.0 Å². The molecule has 2 heterocycles. The van der Waals surface area contributed by atoms with Gasteiger partial charge >= 0.3 is 0 Å². The molecule has 5 rings (SSSR count). The number of nitrogens with zero attached hydrogens (tertiary/aromatic N) is 5. The number of rotatable bonds is 8. The molecule has 1 fully saturated rings. The van der Waals surface area contributed by atoms with E-state index < -0.39 is 17.8 Å². The summed E-state index contributed by atoms with van der Waals surface area (Å²) in [6, 6.07) is 26.4. The number of ether oxygens (including phenoxy) is 1. The molecule has 0 saturated carbocycles. The molecule has 0 spiro atoms. The second-order valence-electron chi connectivity index (χ2n) is 9.87. The predicted octanol–water partition coefficient (Wildman–Crippen LogP) is 4.84.